The van der Waals surface area contributed by atoms with Gasteiger partial charge in [-0.1, -0.05) is 36.4 Å². The maximum Gasteiger partial charge on any atom is 0.272 e. The van der Waals surface area contributed by atoms with Crippen molar-refractivity contribution in [2.75, 3.05) is 6.54 Å². The van der Waals surface area contributed by atoms with Crippen molar-refractivity contribution in [1.29, 1.82) is 0 Å². The molecule has 0 saturated carbocycles. The molecule has 0 saturated heterocycles. The zero-order valence-electron chi connectivity index (χ0n) is 17.6. The van der Waals surface area contributed by atoms with Crippen molar-refractivity contribution in [2.45, 2.75) is 25.9 Å². The Kier molecular flexibility index (Phi) is 5.23. The van der Waals surface area contributed by atoms with Gasteiger partial charge in [0.05, 0.1) is 36.5 Å². The molecule has 2 aromatic heterocycles. The molecule has 2 aromatic carbocycles. The van der Waals surface area contributed by atoms with E-state index in [4.69, 9.17) is 0 Å². The molecule has 0 N–H and O–H groups in total. The van der Waals surface area contributed by atoms with Gasteiger partial charge in [-0.05, 0) is 35.7 Å². The first-order valence-electron chi connectivity index (χ1n) is 10.6. The number of imidazole rings is 1. The molecule has 0 spiro atoms. The van der Waals surface area contributed by atoms with E-state index in [0.717, 1.165) is 28.1 Å². The van der Waals surface area contributed by atoms with Crippen LogP contribution in [0.5, 0.6) is 0 Å². The molecule has 7 heteroatoms. The molecule has 4 aromatic rings. The summed E-state index contributed by atoms with van der Waals surface area (Å²) in [6.07, 6.45) is 7.34. The van der Waals surface area contributed by atoms with Crippen LogP contribution in [-0.4, -0.2) is 36.9 Å². The van der Waals surface area contributed by atoms with Crippen LogP contribution in [0.3, 0.4) is 0 Å². The molecular weight excluding hydrogens is 405 g/mol. The van der Waals surface area contributed by atoms with Gasteiger partial charge in [-0.2, -0.15) is 0 Å². The van der Waals surface area contributed by atoms with Gasteiger partial charge in [0.1, 0.15) is 11.5 Å². The number of carbonyl (C=O) groups is 1. The lowest BCUT2D eigenvalue weighted by Gasteiger charge is -2.28. The molecule has 0 unspecified atom stereocenters. The Labute approximate surface area is 185 Å². The van der Waals surface area contributed by atoms with Gasteiger partial charge in [-0.3, -0.25) is 14.8 Å². The fraction of sp³-hybridized carbons (Fsp3) is 0.200. The maximum absolute atomic E-state index is 13.4. The van der Waals surface area contributed by atoms with Crippen LogP contribution in [-0.2, 0) is 13.0 Å². The first-order valence-corrected chi connectivity index (χ1v) is 10.6. The minimum atomic E-state index is -0.269. The topological polar surface area (TPSA) is 63.9 Å². The van der Waals surface area contributed by atoms with Gasteiger partial charge < -0.3 is 9.47 Å². The fourth-order valence-electron chi connectivity index (χ4n) is 4.26. The molecule has 0 radical (unpaired) electrons. The molecule has 32 heavy (non-hydrogen) atoms. The Morgan fingerprint density at radius 3 is 2.59 bits per heavy atom. The molecule has 160 valence electrons. The number of amides is 1. The second kappa shape index (κ2) is 8.34. The Hall–Kier alpha value is -3.87. The van der Waals surface area contributed by atoms with E-state index in [1.54, 1.807) is 42.0 Å². The van der Waals surface area contributed by atoms with Crippen LogP contribution in [0, 0.1) is 5.82 Å². The summed E-state index contributed by atoms with van der Waals surface area (Å²) in [5, 5.41) is 0. The minimum Gasteiger partial charge on any atom is -0.331 e. The number of carbonyl (C=O) groups excluding carboxylic acids is 1. The summed E-state index contributed by atoms with van der Waals surface area (Å²) >= 11 is 0. The lowest BCUT2D eigenvalue weighted by Crippen LogP contribution is -2.38. The van der Waals surface area contributed by atoms with E-state index >= 15 is 0 Å². The Morgan fingerprint density at radius 1 is 1.03 bits per heavy atom. The Bertz CT molecular complexity index is 1270. The van der Waals surface area contributed by atoms with Gasteiger partial charge in [0.25, 0.3) is 5.91 Å². The number of rotatable bonds is 4. The van der Waals surface area contributed by atoms with Gasteiger partial charge in [0, 0.05) is 25.4 Å². The summed E-state index contributed by atoms with van der Waals surface area (Å²) in [7, 11) is 0. The number of benzene rings is 2. The third-order valence-electron chi connectivity index (χ3n) is 5.98. The second-order valence-electron chi connectivity index (χ2n) is 7.88. The van der Waals surface area contributed by atoms with Crippen molar-refractivity contribution in [3.63, 3.8) is 0 Å². The first kappa shape index (κ1) is 20.1. The van der Waals surface area contributed by atoms with Gasteiger partial charge in [-0.15, -0.1) is 0 Å². The molecule has 6 nitrogen and oxygen atoms in total. The standard InChI is InChI=1S/C25H22FN5O/c1-17(20-4-2-3-5-21(20)18-6-8-19(26)9-7-18)31-16-27-14-24(31)25(32)30-13-10-22-23(15-30)29-12-11-28-22/h2-9,11-12,14,16-17H,10,13,15H2,1H3/t17-/m0/s1. The molecule has 0 fully saturated rings. The summed E-state index contributed by atoms with van der Waals surface area (Å²) in [5.41, 5.74) is 5.27. The van der Waals surface area contributed by atoms with E-state index in [2.05, 4.69) is 15.0 Å². The van der Waals surface area contributed by atoms with Crippen molar-refractivity contribution < 1.29 is 9.18 Å². The van der Waals surface area contributed by atoms with Crippen molar-refractivity contribution in [3.05, 3.63) is 102 Å². The molecule has 1 aliphatic heterocycles. The zero-order valence-corrected chi connectivity index (χ0v) is 17.6. The normalized spacial score (nSPS) is 14.1. The van der Waals surface area contributed by atoms with Crippen LogP contribution >= 0.6 is 0 Å². The van der Waals surface area contributed by atoms with Crippen LogP contribution < -0.4 is 0 Å². The van der Waals surface area contributed by atoms with Gasteiger partial charge in [0.2, 0.25) is 0 Å². The third-order valence-corrected chi connectivity index (χ3v) is 5.98. The molecule has 1 aliphatic rings. The molecule has 1 atom stereocenters. The number of aromatic nitrogens is 4. The van der Waals surface area contributed by atoms with Crippen LogP contribution in [0.25, 0.3) is 11.1 Å². The van der Waals surface area contributed by atoms with Gasteiger partial charge >= 0.3 is 0 Å². The molecule has 1 amide bonds. The summed E-state index contributed by atoms with van der Waals surface area (Å²) in [6, 6.07) is 14.3. The number of halogens is 1. The Balaban J connectivity index is 1.45. The molecule has 0 bridgehead atoms. The fourth-order valence-corrected chi connectivity index (χ4v) is 4.26. The van der Waals surface area contributed by atoms with Crippen molar-refractivity contribution in [2.24, 2.45) is 0 Å². The van der Waals surface area contributed by atoms with E-state index in [1.807, 2.05) is 35.8 Å². The van der Waals surface area contributed by atoms with Crippen LogP contribution in [0.2, 0.25) is 0 Å². The quantitative estimate of drug-likeness (QED) is 0.488. The van der Waals surface area contributed by atoms with E-state index in [0.29, 0.717) is 25.2 Å². The predicted octanol–water partition coefficient (Wildman–Crippen LogP) is 4.29. The SMILES string of the molecule is C[C@@H](c1ccccc1-c1ccc(F)cc1)n1cncc1C(=O)N1CCc2nccnc2C1. The average molecular weight is 427 g/mol. The average Bonchev–Trinajstić information content (AvgIpc) is 3.33. The summed E-state index contributed by atoms with van der Waals surface area (Å²) in [6.45, 7) is 3.07. The van der Waals surface area contributed by atoms with Crippen LogP contribution in [0.1, 0.15) is 40.4 Å². The van der Waals surface area contributed by atoms with Gasteiger partial charge in [0.15, 0.2) is 0 Å². The lowest BCUT2D eigenvalue weighted by molar-refractivity contribution is 0.0718. The van der Waals surface area contributed by atoms with Crippen molar-refractivity contribution in [3.8, 4) is 11.1 Å². The minimum absolute atomic E-state index is 0.0788. The largest absolute Gasteiger partial charge is 0.331 e. The summed E-state index contributed by atoms with van der Waals surface area (Å²) in [5.74, 6) is -0.348. The van der Waals surface area contributed by atoms with E-state index in [-0.39, 0.29) is 17.8 Å². The van der Waals surface area contributed by atoms with E-state index in [1.165, 1.54) is 12.1 Å². The number of nitrogens with zero attached hydrogens (tertiary/aromatic N) is 5. The van der Waals surface area contributed by atoms with E-state index < -0.39 is 0 Å². The third kappa shape index (κ3) is 3.66. The smallest absolute Gasteiger partial charge is 0.272 e. The maximum atomic E-state index is 13.4. The second-order valence-corrected chi connectivity index (χ2v) is 7.88. The zero-order chi connectivity index (χ0) is 22.1. The molecule has 0 aliphatic carbocycles. The number of hydrogen-bond acceptors (Lipinski definition) is 4. The van der Waals surface area contributed by atoms with Crippen LogP contribution in [0.15, 0.2) is 73.4 Å². The number of fused-ring (bicyclic) bond motifs is 1. The lowest BCUT2D eigenvalue weighted by atomic mass is 9.95. The number of hydrogen-bond donors (Lipinski definition) is 0. The summed E-state index contributed by atoms with van der Waals surface area (Å²) in [4.78, 5) is 28.2. The predicted molar refractivity (Wildman–Crippen MR) is 118 cm³/mol. The Morgan fingerprint density at radius 2 is 1.78 bits per heavy atom. The van der Waals surface area contributed by atoms with E-state index in [9.17, 15) is 9.18 Å². The highest BCUT2D eigenvalue weighted by Crippen LogP contribution is 2.31. The summed E-state index contributed by atoms with van der Waals surface area (Å²) < 4.78 is 15.3. The molecule has 3 heterocycles. The first-order chi connectivity index (χ1) is 15.6. The van der Waals surface area contributed by atoms with Crippen molar-refractivity contribution in [1.82, 2.24) is 24.4 Å². The monoisotopic (exact) mass is 427 g/mol. The van der Waals surface area contributed by atoms with Crippen LogP contribution in [0.4, 0.5) is 4.39 Å². The highest BCUT2D eigenvalue weighted by atomic mass is 19.1. The highest BCUT2D eigenvalue weighted by molar-refractivity contribution is 5.92. The molecule has 5 rings (SSSR count). The van der Waals surface area contributed by atoms with Gasteiger partial charge in [-0.25, -0.2) is 9.37 Å². The molecular formula is C25H22FN5O. The van der Waals surface area contributed by atoms with Crippen molar-refractivity contribution >= 4 is 5.91 Å². The highest BCUT2D eigenvalue weighted by Gasteiger charge is 2.27.